The standard InChI is InChI=1S/C23H19N3O5S/c1-31-17-7-5-15(6-8-17)22(27)25-16-4-2-3-14(11-16)12-20-19-13-18(32(24,29)30)9-10-21(19)26-23(20)28/h2-13H,1H3,(H,25,27)(H,26,28)(H2,24,29,30). The lowest BCUT2D eigenvalue weighted by molar-refractivity contribution is -0.110. The predicted octanol–water partition coefficient (Wildman–Crippen LogP) is 3.09. The van der Waals surface area contributed by atoms with E-state index < -0.39 is 10.0 Å². The minimum absolute atomic E-state index is 0.0841. The zero-order chi connectivity index (χ0) is 22.9. The highest BCUT2D eigenvalue weighted by molar-refractivity contribution is 7.89. The van der Waals surface area contributed by atoms with Crippen molar-refractivity contribution in [2.24, 2.45) is 5.14 Å². The van der Waals surface area contributed by atoms with Crippen molar-refractivity contribution < 1.29 is 22.7 Å². The van der Waals surface area contributed by atoms with E-state index >= 15 is 0 Å². The highest BCUT2D eigenvalue weighted by Gasteiger charge is 2.25. The molecule has 1 heterocycles. The van der Waals surface area contributed by atoms with Crippen molar-refractivity contribution in [3.05, 3.63) is 83.4 Å². The SMILES string of the molecule is COc1ccc(C(=O)Nc2cccc(C=C3C(=O)Nc4ccc(S(N)(=O)=O)cc43)c2)cc1. The Bertz CT molecular complexity index is 1360. The summed E-state index contributed by atoms with van der Waals surface area (Å²) in [6.45, 7) is 0. The van der Waals surface area contributed by atoms with Crippen molar-refractivity contribution in [2.45, 2.75) is 4.90 Å². The van der Waals surface area contributed by atoms with Crippen LogP contribution in [0.3, 0.4) is 0 Å². The van der Waals surface area contributed by atoms with Gasteiger partial charge >= 0.3 is 0 Å². The van der Waals surface area contributed by atoms with E-state index in [1.54, 1.807) is 61.7 Å². The van der Waals surface area contributed by atoms with Gasteiger partial charge in [0.1, 0.15) is 5.75 Å². The van der Waals surface area contributed by atoms with E-state index in [0.717, 1.165) is 0 Å². The van der Waals surface area contributed by atoms with Gasteiger partial charge in [0.2, 0.25) is 10.0 Å². The van der Waals surface area contributed by atoms with Crippen LogP contribution in [-0.2, 0) is 14.8 Å². The summed E-state index contributed by atoms with van der Waals surface area (Å²) < 4.78 is 28.5. The van der Waals surface area contributed by atoms with Gasteiger partial charge in [0.15, 0.2) is 0 Å². The number of carbonyl (C=O) groups is 2. The molecule has 4 N–H and O–H groups in total. The van der Waals surface area contributed by atoms with Crippen molar-refractivity contribution in [2.75, 3.05) is 17.7 Å². The number of nitrogens with two attached hydrogens (primary N) is 1. The van der Waals surface area contributed by atoms with Crippen LogP contribution in [0.1, 0.15) is 21.5 Å². The summed E-state index contributed by atoms with van der Waals surface area (Å²) in [5, 5.41) is 10.7. The fourth-order valence-corrected chi connectivity index (χ4v) is 3.85. The molecule has 3 aromatic carbocycles. The molecule has 3 aromatic rings. The van der Waals surface area contributed by atoms with Gasteiger partial charge in [-0.15, -0.1) is 0 Å². The lowest BCUT2D eigenvalue weighted by atomic mass is 10.0. The fourth-order valence-electron chi connectivity index (χ4n) is 3.31. The third-order valence-electron chi connectivity index (χ3n) is 4.91. The zero-order valence-electron chi connectivity index (χ0n) is 17.0. The van der Waals surface area contributed by atoms with Crippen LogP contribution >= 0.6 is 0 Å². The smallest absolute Gasteiger partial charge is 0.256 e. The third kappa shape index (κ3) is 4.39. The van der Waals surface area contributed by atoms with Crippen LogP contribution in [0, 0.1) is 0 Å². The molecular formula is C23H19N3O5S. The minimum Gasteiger partial charge on any atom is -0.497 e. The molecule has 0 saturated heterocycles. The van der Waals surface area contributed by atoms with Crippen molar-refractivity contribution in [3.8, 4) is 5.75 Å². The lowest BCUT2D eigenvalue weighted by Gasteiger charge is -2.07. The molecule has 0 bridgehead atoms. The van der Waals surface area contributed by atoms with Crippen LogP contribution in [0.15, 0.2) is 71.6 Å². The monoisotopic (exact) mass is 449 g/mol. The van der Waals surface area contributed by atoms with Crippen LogP contribution < -0.4 is 20.5 Å². The summed E-state index contributed by atoms with van der Waals surface area (Å²) in [5.41, 5.74) is 2.89. The quantitative estimate of drug-likeness (QED) is 0.516. The number of amides is 2. The summed E-state index contributed by atoms with van der Waals surface area (Å²) in [5.74, 6) is -0.00525. The molecule has 0 spiro atoms. The average molecular weight is 449 g/mol. The molecule has 2 amide bonds. The Kier molecular flexibility index (Phi) is 5.52. The number of hydrogen-bond acceptors (Lipinski definition) is 5. The number of hydrogen-bond donors (Lipinski definition) is 3. The zero-order valence-corrected chi connectivity index (χ0v) is 17.8. The number of primary sulfonamides is 1. The van der Waals surface area contributed by atoms with Gasteiger partial charge in [0.05, 0.1) is 12.0 Å². The van der Waals surface area contributed by atoms with Crippen molar-refractivity contribution in [1.29, 1.82) is 0 Å². The molecule has 162 valence electrons. The second-order valence-electron chi connectivity index (χ2n) is 7.07. The van der Waals surface area contributed by atoms with E-state index in [1.807, 2.05) is 0 Å². The van der Waals surface area contributed by atoms with Gasteiger partial charge in [-0.2, -0.15) is 0 Å². The second kappa shape index (κ2) is 8.29. The van der Waals surface area contributed by atoms with E-state index in [-0.39, 0.29) is 16.7 Å². The Balaban J connectivity index is 1.61. The number of ether oxygens (including phenoxy) is 1. The Hall–Kier alpha value is -3.95. The molecule has 0 fully saturated rings. The molecular weight excluding hydrogens is 430 g/mol. The van der Waals surface area contributed by atoms with Crippen LogP contribution in [0.2, 0.25) is 0 Å². The van der Waals surface area contributed by atoms with Crippen molar-refractivity contribution in [1.82, 2.24) is 0 Å². The first kappa shape index (κ1) is 21.3. The molecule has 0 radical (unpaired) electrons. The first-order valence-electron chi connectivity index (χ1n) is 9.50. The Morgan fingerprint density at radius 2 is 1.81 bits per heavy atom. The van der Waals surface area contributed by atoms with Gasteiger partial charge in [-0.1, -0.05) is 12.1 Å². The van der Waals surface area contributed by atoms with Crippen LogP contribution in [0.4, 0.5) is 11.4 Å². The average Bonchev–Trinajstić information content (AvgIpc) is 3.08. The molecule has 0 aromatic heterocycles. The van der Waals surface area contributed by atoms with Gasteiger partial charge in [0, 0.05) is 28.1 Å². The van der Waals surface area contributed by atoms with Gasteiger partial charge in [-0.05, 0) is 66.2 Å². The second-order valence-corrected chi connectivity index (χ2v) is 8.63. The number of methoxy groups -OCH3 is 1. The number of sulfonamides is 1. The van der Waals surface area contributed by atoms with Gasteiger partial charge in [0.25, 0.3) is 11.8 Å². The summed E-state index contributed by atoms with van der Waals surface area (Å²) in [6, 6.07) is 17.9. The number of benzene rings is 3. The Morgan fingerprint density at radius 1 is 1.06 bits per heavy atom. The molecule has 1 aliphatic heterocycles. The Labute approximate surface area is 184 Å². The number of fused-ring (bicyclic) bond motifs is 1. The maximum atomic E-state index is 12.5. The number of rotatable bonds is 5. The van der Waals surface area contributed by atoms with E-state index in [1.165, 1.54) is 18.2 Å². The summed E-state index contributed by atoms with van der Waals surface area (Å²) in [6.07, 6.45) is 1.62. The van der Waals surface area contributed by atoms with Crippen molar-refractivity contribution in [3.63, 3.8) is 0 Å². The molecule has 32 heavy (non-hydrogen) atoms. The topological polar surface area (TPSA) is 128 Å². The van der Waals surface area contributed by atoms with E-state index in [0.29, 0.717) is 39.4 Å². The molecule has 0 aliphatic carbocycles. The summed E-state index contributed by atoms with van der Waals surface area (Å²) >= 11 is 0. The first-order chi connectivity index (χ1) is 15.2. The van der Waals surface area contributed by atoms with Crippen molar-refractivity contribution >= 4 is 44.9 Å². The Morgan fingerprint density at radius 3 is 2.50 bits per heavy atom. The highest BCUT2D eigenvalue weighted by atomic mass is 32.2. The van der Waals surface area contributed by atoms with Crippen LogP contribution in [0.5, 0.6) is 5.75 Å². The van der Waals surface area contributed by atoms with E-state index in [2.05, 4.69) is 10.6 Å². The molecule has 8 nitrogen and oxygen atoms in total. The molecule has 0 saturated carbocycles. The molecule has 4 rings (SSSR count). The summed E-state index contributed by atoms with van der Waals surface area (Å²) in [4.78, 5) is 24.9. The molecule has 0 atom stereocenters. The minimum atomic E-state index is -3.91. The number of nitrogens with one attached hydrogen (secondary N) is 2. The van der Waals surface area contributed by atoms with Gasteiger partial charge in [-0.25, -0.2) is 13.6 Å². The normalized spacial score (nSPS) is 14.1. The van der Waals surface area contributed by atoms with Crippen LogP contribution in [-0.4, -0.2) is 27.3 Å². The van der Waals surface area contributed by atoms with E-state index in [4.69, 9.17) is 9.88 Å². The van der Waals surface area contributed by atoms with Crippen LogP contribution in [0.25, 0.3) is 11.6 Å². The van der Waals surface area contributed by atoms with Gasteiger partial charge < -0.3 is 15.4 Å². The number of carbonyl (C=O) groups excluding carboxylic acids is 2. The molecule has 9 heteroatoms. The predicted molar refractivity (Wildman–Crippen MR) is 122 cm³/mol. The highest BCUT2D eigenvalue weighted by Crippen LogP contribution is 2.34. The van der Waals surface area contributed by atoms with E-state index in [9.17, 15) is 18.0 Å². The largest absolute Gasteiger partial charge is 0.497 e. The first-order valence-corrected chi connectivity index (χ1v) is 11.0. The third-order valence-corrected chi connectivity index (χ3v) is 5.82. The molecule has 1 aliphatic rings. The number of anilines is 2. The lowest BCUT2D eigenvalue weighted by Crippen LogP contribution is -2.12. The summed E-state index contributed by atoms with van der Waals surface area (Å²) in [7, 11) is -2.36. The maximum absolute atomic E-state index is 12.5. The maximum Gasteiger partial charge on any atom is 0.256 e. The fraction of sp³-hybridized carbons (Fsp3) is 0.0435. The molecule has 0 unspecified atom stereocenters. The van der Waals surface area contributed by atoms with Gasteiger partial charge in [-0.3, -0.25) is 9.59 Å².